The van der Waals surface area contributed by atoms with Crippen molar-refractivity contribution in [1.82, 2.24) is 14.1 Å². The molecule has 0 unspecified atom stereocenters. The molecule has 1 saturated heterocycles. The van der Waals surface area contributed by atoms with Crippen LogP contribution in [-0.4, -0.2) is 41.8 Å². The van der Waals surface area contributed by atoms with Crippen LogP contribution in [0.4, 0.5) is 5.69 Å². The lowest BCUT2D eigenvalue weighted by Gasteiger charge is -2.36. The maximum Gasteiger partial charge on any atom is 0.211 e. The van der Waals surface area contributed by atoms with Crippen molar-refractivity contribution in [2.45, 2.75) is 6.04 Å². The third kappa shape index (κ3) is 1.95. The van der Waals surface area contributed by atoms with Crippen LogP contribution in [0.2, 0.25) is 5.15 Å². The van der Waals surface area contributed by atoms with E-state index < -0.39 is 10.0 Å². The van der Waals surface area contributed by atoms with Gasteiger partial charge in [-0.15, -0.1) is 0 Å². The molecular formula is C7H11ClN4O2S. The molecule has 0 aliphatic carbocycles. The zero-order valence-corrected chi connectivity index (χ0v) is 9.66. The van der Waals surface area contributed by atoms with Crippen molar-refractivity contribution in [3.8, 4) is 0 Å². The van der Waals surface area contributed by atoms with Crippen molar-refractivity contribution < 1.29 is 8.42 Å². The molecule has 2 N–H and O–H groups in total. The Kier molecular flexibility index (Phi) is 2.40. The number of hydrogen-bond acceptors (Lipinski definition) is 4. The van der Waals surface area contributed by atoms with E-state index in [-0.39, 0.29) is 11.2 Å². The molecule has 1 aromatic rings. The highest BCUT2D eigenvalue weighted by Crippen LogP contribution is 2.26. The van der Waals surface area contributed by atoms with E-state index in [4.69, 9.17) is 17.3 Å². The smallest absolute Gasteiger partial charge is 0.211 e. The van der Waals surface area contributed by atoms with Crippen LogP contribution >= 0.6 is 11.6 Å². The standard InChI is InChI=1S/C7H11ClN4O2S/c1-15(13,14)11-2-5(3-11)12-4-6(9)7(8)10-12/h4-5H,2-3,9H2,1H3. The van der Waals surface area contributed by atoms with Crippen molar-refractivity contribution in [2.75, 3.05) is 25.1 Å². The van der Waals surface area contributed by atoms with Gasteiger partial charge in [0, 0.05) is 19.3 Å². The van der Waals surface area contributed by atoms with Crippen molar-refractivity contribution in [3.05, 3.63) is 11.3 Å². The van der Waals surface area contributed by atoms with Crippen LogP contribution in [-0.2, 0) is 10.0 Å². The van der Waals surface area contributed by atoms with Crippen molar-refractivity contribution in [3.63, 3.8) is 0 Å². The van der Waals surface area contributed by atoms with E-state index in [1.54, 1.807) is 10.9 Å². The third-order valence-electron chi connectivity index (χ3n) is 2.38. The van der Waals surface area contributed by atoms with E-state index in [1.165, 1.54) is 10.6 Å². The van der Waals surface area contributed by atoms with Gasteiger partial charge in [0.05, 0.1) is 18.0 Å². The van der Waals surface area contributed by atoms with Crippen LogP contribution < -0.4 is 5.73 Å². The van der Waals surface area contributed by atoms with Crippen LogP contribution in [0.1, 0.15) is 6.04 Å². The fraction of sp³-hybridized carbons (Fsp3) is 0.571. The summed E-state index contributed by atoms with van der Waals surface area (Å²) >= 11 is 5.69. The molecule has 15 heavy (non-hydrogen) atoms. The summed E-state index contributed by atoms with van der Waals surface area (Å²) in [6, 6.07) is 0.0366. The lowest BCUT2D eigenvalue weighted by molar-refractivity contribution is 0.192. The van der Waals surface area contributed by atoms with Crippen molar-refractivity contribution in [1.29, 1.82) is 0 Å². The maximum atomic E-state index is 11.1. The van der Waals surface area contributed by atoms with Crippen LogP contribution in [0.5, 0.6) is 0 Å². The Balaban J connectivity index is 2.06. The first-order chi connectivity index (χ1) is 6.88. The molecule has 1 fully saturated rings. The quantitative estimate of drug-likeness (QED) is 0.797. The summed E-state index contributed by atoms with van der Waals surface area (Å²) in [6.07, 6.45) is 2.81. The molecule has 2 rings (SSSR count). The van der Waals surface area contributed by atoms with Crippen LogP contribution in [0.15, 0.2) is 6.20 Å². The Hall–Kier alpha value is -0.790. The minimum atomic E-state index is -3.08. The Morgan fingerprint density at radius 2 is 2.20 bits per heavy atom. The van der Waals surface area contributed by atoms with Crippen LogP contribution in [0.25, 0.3) is 0 Å². The SMILES string of the molecule is CS(=O)(=O)N1CC(n2cc(N)c(Cl)n2)C1. The highest BCUT2D eigenvalue weighted by molar-refractivity contribution is 7.88. The van der Waals surface area contributed by atoms with E-state index in [2.05, 4.69) is 5.10 Å². The van der Waals surface area contributed by atoms with Gasteiger partial charge in [0.2, 0.25) is 10.0 Å². The Labute approximate surface area is 92.7 Å². The summed E-state index contributed by atoms with van der Waals surface area (Å²) in [5, 5.41) is 4.24. The summed E-state index contributed by atoms with van der Waals surface area (Å²) in [7, 11) is -3.08. The van der Waals surface area contributed by atoms with Gasteiger partial charge in [-0.2, -0.15) is 9.40 Å². The normalized spacial score (nSPS) is 19.1. The molecule has 0 bridgehead atoms. The van der Waals surface area contributed by atoms with E-state index in [1.807, 2.05) is 0 Å². The number of hydrogen-bond donors (Lipinski definition) is 1. The zero-order valence-electron chi connectivity index (χ0n) is 8.09. The lowest BCUT2D eigenvalue weighted by atomic mass is 10.2. The number of rotatable bonds is 2. The second-order valence-electron chi connectivity index (χ2n) is 3.59. The molecule has 0 spiro atoms. The van der Waals surface area contributed by atoms with Gasteiger partial charge < -0.3 is 5.73 Å². The molecule has 1 aliphatic heterocycles. The second-order valence-corrected chi connectivity index (χ2v) is 5.93. The summed E-state index contributed by atoms with van der Waals surface area (Å²) in [5.41, 5.74) is 5.94. The number of aromatic nitrogens is 2. The molecule has 0 amide bonds. The summed E-state index contributed by atoms with van der Waals surface area (Å²) in [5.74, 6) is 0. The number of anilines is 1. The first-order valence-corrected chi connectivity index (χ1v) is 6.56. The van der Waals surface area contributed by atoms with Crippen molar-refractivity contribution >= 4 is 27.3 Å². The molecule has 0 saturated carbocycles. The molecule has 2 heterocycles. The number of nitrogens with two attached hydrogens (primary N) is 1. The third-order valence-corrected chi connectivity index (χ3v) is 3.91. The predicted molar refractivity (Wildman–Crippen MR) is 57.1 cm³/mol. The van der Waals surface area contributed by atoms with Crippen LogP contribution in [0.3, 0.4) is 0 Å². The van der Waals surface area contributed by atoms with Gasteiger partial charge in [-0.05, 0) is 0 Å². The van der Waals surface area contributed by atoms with Gasteiger partial charge in [0.1, 0.15) is 0 Å². The van der Waals surface area contributed by atoms with Gasteiger partial charge in [0.25, 0.3) is 0 Å². The highest BCUT2D eigenvalue weighted by Gasteiger charge is 2.35. The van der Waals surface area contributed by atoms with Gasteiger partial charge >= 0.3 is 0 Å². The minimum absolute atomic E-state index is 0.0366. The average molecular weight is 251 g/mol. The Morgan fingerprint density at radius 3 is 2.60 bits per heavy atom. The highest BCUT2D eigenvalue weighted by atomic mass is 35.5. The number of nitrogen functional groups attached to an aromatic ring is 1. The average Bonchev–Trinajstić information content (AvgIpc) is 2.25. The van der Waals surface area contributed by atoms with Gasteiger partial charge in [-0.3, -0.25) is 4.68 Å². The topological polar surface area (TPSA) is 81.2 Å². The molecule has 1 aliphatic rings. The maximum absolute atomic E-state index is 11.1. The lowest BCUT2D eigenvalue weighted by Crippen LogP contribution is -2.50. The molecule has 0 atom stereocenters. The van der Waals surface area contributed by atoms with Crippen molar-refractivity contribution in [2.24, 2.45) is 0 Å². The van der Waals surface area contributed by atoms with E-state index in [0.717, 1.165) is 0 Å². The summed E-state index contributed by atoms with van der Waals surface area (Å²) in [4.78, 5) is 0. The largest absolute Gasteiger partial charge is 0.395 e. The molecular weight excluding hydrogens is 240 g/mol. The van der Waals surface area contributed by atoms with E-state index >= 15 is 0 Å². The summed E-state index contributed by atoms with van der Waals surface area (Å²) < 4.78 is 25.2. The minimum Gasteiger partial charge on any atom is -0.395 e. The fourth-order valence-electron chi connectivity index (χ4n) is 1.43. The van der Waals surface area contributed by atoms with E-state index in [9.17, 15) is 8.42 Å². The molecule has 1 aromatic heterocycles. The van der Waals surface area contributed by atoms with Gasteiger partial charge in [-0.25, -0.2) is 8.42 Å². The molecule has 8 heteroatoms. The number of sulfonamides is 1. The predicted octanol–water partition coefficient (Wildman–Crippen LogP) is -0.0650. The Bertz CT molecular complexity index is 458. The molecule has 0 aromatic carbocycles. The second kappa shape index (κ2) is 3.36. The number of halogens is 1. The molecule has 84 valence electrons. The Morgan fingerprint density at radius 1 is 1.60 bits per heavy atom. The molecule has 6 nitrogen and oxygen atoms in total. The first kappa shape index (κ1) is 10.7. The zero-order chi connectivity index (χ0) is 11.2. The fourth-order valence-corrected chi connectivity index (χ4v) is 2.45. The van der Waals surface area contributed by atoms with Gasteiger partial charge in [-0.1, -0.05) is 11.6 Å². The van der Waals surface area contributed by atoms with Gasteiger partial charge in [0.15, 0.2) is 5.15 Å². The molecule has 0 radical (unpaired) electrons. The first-order valence-electron chi connectivity index (χ1n) is 4.33. The van der Waals surface area contributed by atoms with E-state index in [0.29, 0.717) is 18.8 Å². The monoisotopic (exact) mass is 250 g/mol. The number of nitrogens with zero attached hydrogens (tertiary/aromatic N) is 3. The van der Waals surface area contributed by atoms with Crippen LogP contribution in [0, 0.1) is 0 Å². The summed E-state index contributed by atoms with van der Waals surface area (Å²) in [6.45, 7) is 0.854.